The monoisotopic (exact) mass is 292 g/mol. The number of nitrogens with one attached hydrogen (secondary N) is 1. The van der Waals surface area contributed by atoms with Crippen LogP contribution in [0, 0.1) is 5.92 Å². The largest absolute Gasteiger partial charge is 0.383 e. The van der Waals surface area contributed by atoms with Crippen LogP contribution < -0.4 is 5.32 Å². The number of rotatable bonds is 10. The summed E-state index contributed by atoms with van der Waals surface area (Å²) in [5.41, 5.74) is 1.37. The van der Waals surface area contributed by atoms with Gasteiger partial charge in [-0.2, -0.15) is 0 Å². The molecule has 0 bridgehead atoms. The van der Waals surface area contributed by atoms with Gasteiger partial charge in [-0.1, -0.05) is 44.2 Å². The lowest BCUT2D eigenvalue weighted by molar-refractivity contribution is 0.0941. The molecule has 1 unspecified atom stereocenters. The van der Waals surface area contributed by atoms with Crippen LogP contribution in [0.2, 0.25) is 0 Å². The maximum absolute atomic E-state index is 5.29. The van der Waals surface area contributed by atoms with Gasteiger partial charge < -0.3 is 10.1 Å². The van der Waals surface area contributed by atoms with Crippen molar-refractivity contribution >= 4 is 0 Å². The van der Waals surface area contributed by atoms with Crippen molar-refractivity contribution in [3.63, 3.8) is 0 Å². The Morgan fingerprint density at radius 1 is 1.05 bits per heavy atom. The normalized spacial score (nSPS) is 13.3. The fourth-order valence-electron chi connectivity index (χ4n) is 2.58. The van der Waals surface area contributed by atoms with Crippen molar-refractivity contribution in [2.75, 3.05) is 33.4 Å². The van der Waals surface area contributed by atoms with Gasteiger partial charge in [0.05, 0.1) is 6.61 Å². The fourth-order valence-corrected chi connectivity index (χ4v) is 2.58. The minimum atomic E-state index is 0.389. The molecule has 0 aromatic heterocycles. The van der Waals surface area contributed by atoms with E-state index in [0.29, 0.717) is 18.0 Å². The van der Waals surface area contributed by atoms with E-state index in [0.717, 1.165) is 26.2 Å². The van der Waals surface area contributed by atoms with Crippen LogP contribution in [0.3, 0.4) is 0 Å². The summed E-state index contributed by atoms with van der Waals surface area (Å²) in [5, 5.41) is 3.61. The minimum absolute atomic E-state index is 0.389. The maximum atomic E-state index is 5.29. The van der Waals surface area contributed by atoms with Crippen LogP contribution in [0.4, 0.5) is 0 Å². The number of hydrogen-bond acceptors (Lipinski definition) is 3. The van der Waals surface area contributed by atoms with Crippen LogP contribution in [0.25, 0.3) is 0 Å². The Balaban J connectivity index is 2.82. The van der Waals surface area contributed by atoms with Crippen LogP contribution in [0.15, 0.2) is 30.3 Å². The summed E-state index contributed by atoms with van der Waals surface area (Å²) in [6.07, 6.45) is 0. The molecular weight excluding hydrogens is 260 g/mol. The highest BCUT2D eigenvalue weighted by Crippen LogP contribution is 2.22. The van der Waals surface area contributed by atoms with Gasteiger partial charge in [-0.15, -0.1) is 0 Å². The van der Waals surface area contributed by atoms with Gasteiger partial charge in [-0.05, 0) is 31.9 Å². The lowest BCUT2D eigenvalue weighted by Gasteiger charge is -2.35. The van der Waals surface area contributed by atoms with Crippen molar-refractivity contribution in [1.29, 1.82) is 0 Å². The van der Waals surface area contributed by atoms with Gasteiger partial charge in [0.15, 0.2) is 0 Å². The van der Waals surface area contributed by atoms with E-state index in [4.69, 9.17) is 4.74 Å². The van der Waals surface area contributed by atoms with E-state index in [1.807, 2.05) is 0 Å². The molecule has 120 valence electrons. The number of nitrogens with zero attached hydrogens (tertiary/aromatic N) is 1. The molecule has 21 heavy (non-hydrogen) atoms. The molecule has 0 radical (unpaired) electrons. The zero-order valence-electron chi connectivity index (χ0n) is 14.3. The first-order valence-corrected chi connectivity index (χ1v) is 8.06. The molecule has 1 N–H and O–H groups in total. The molecule has 0 amide bonds. The molecule has 1 aromatic rings. The molecule has 0 heterocycles. The van der Waals surface area contributed by atoms with Crippen molar-refractivity contribution in [2.45, 2.75) is 39.8 Å². The average molecular weight is 292 g/mol. The third kappa shape index (κ3) is 6.60. The summed E-state index contributed by atoms with van der Waals surface area (Å²) in [6.45, 7) is 12.8. The summed E-state index contributed by atoms with van der Waals surface area (Å²) in [4.78, 5) is 2.52. The van der Waals surface area contributed by atoms with Gasteiger partial charge >= 0.3 is 0 Å². The molecule has 0 aliphatic carbocycles. The second kappa shape index (κ2) is 9.93. The topological polar surface area (TPSA) is 24.5 Å². The van der Waals surface area contributed by atoms with Crippen LogP contribution >= 0.6 is 0 Å². The third-order valence-electron chi connectivity index (χ3n) is 3.69. The highest BCUT2D eigenvalue weighted by molar-refractivity contribution is 5.19. The maximum Gasteiger partial charge on any atom is 0.0590 e. The second-order valence-corrected chi connectivity index (χ2v) is 6.30. The van der Waals surface area contributed by atoms with Crippen LogP contribution in [0.1, 0.15) is 39.3 Å². The van der Waals surface area contributed by atoms with Gasteiger partial charge in [0.1, 0.15) is 0 Å². The first kappa shape index (κ1) is 18.1. The zero-order chi connectivity index (χ0) is 15.7. The lowest BCUT2D eigenvalue weighted by atomic mass is 10.0. The number of benzene rings is 1. The van der Waals surface area contributed by atoms with Gasteiger partial charge in [-0.3, -0.25) is 4.90 Å². The highest BCUT2D eigenvalue weighted by atomic mass is 16.5. The molecule has 1 aromatic carbocycles. The molecule has 0 fully saturated rings. The molecule has 0 aliphatic heterocycles. The Morgan fingerprint density at radius 3 is 2.24 bits per heavy atom. The molecule has 1 rings (SSSR count). The van der Waals surface area contributed by atoms with E-state index in [1.54, 1.807) is 7.11 Å². The highest BCUT2D eigenvalue weighted by Gasteiger charge is 2.22. The van der Waals surface area contributed by atoms with E-state index in [1.165, 1.54) is 5.56 Å². The van der Waals surface area contributed by atoms with Crippen molar-refractivity contribution in [1.82, 2.24) is 10.2 Å². The Bertz CT molecular complexity index is 365. The minimum Gasteiger partial charge on any atom is -0.383 e. The number of ether oxygens (including phenoxy) is 1. The predicted molar refractivity (Wildman–Crippen MR) is 90.6 cm³/mol. The Labute approximate surface area is 130 Å². The molecule has 0 aliphatic rings. The van der Waals surface area contributed by atoms with Crippen molar-refractivity contribution in [3.8, 4) is 0 Å². The summed E-state index contributed by atoms with van der Waals surface area (Å²) in [7, 11) is 1.77. The summed E-state index contributed by atoms with van der Waals surface area (Å²) < 4.78 is 5.29. The number of hydrogen-bond donors (Lipinski definition) is 1. The smallest absolute Gasteiger partial charge is 0.0590 e. The third-order valence-corrected chi connectivity index (χ3v) is 3.69. The molecule has 0 spiro atoms. The van der Waals surface area contributed by atoms with Crippen LogP contribution in [0.5, 0.6) is 0 Å². The van der Waals surface area contributed by atoms with Crippen molar-refractivity contribution < 1.29 is 4.74 Å². The Hall–Kier alpha value is -0.900. The Morgan fingerprint density at radius 2 is 1.71 bits per heavy atom. The SMILES string of the molecule is COCCN(C(C)C)C(CNCC(C)C)c1ccccc1. The summed E-state index contributed by atoms with van der Waals surface area (Å²) in [6, 6.07) is 11.7. The fraction of sp³-hybridized carbons (Fsp3) is 0.667. The van der Waals surface area contributed by atoms with Crippen molar-refractivity contribution in [3.05, 3.63) is 35.9 Å². The van der Waals surface area contributed by atoms with E-state index in [9.17, 15) is 0 Å². The molecule has 3 heteroatoms. The predicted octanol–water partition coefficient (Wildman–Crippen LogP) is 3.33. The molecule has 0 saturated heterocycles. The molecule has 0 saturated carbocycles. The lowest BCUT2D eigenvalue weighted by Crippen LogP contribution is -2.42. The molecule has 1 atom stereocenters. The molecule has 3 nitrogen and oxygen atoms in total. The Kier molecular flexibility index (Phi) is 8.58. The first-order chi connectivity index (χ1) is 10.1. The van der Waals surface area contributed by atoms with Crippen LogP contribution in [-0.2, 0) is 4.74 Å². The number of methoxy groups -OCH3 is 1. The zero-order valence-corrected chi connectivity index (χ0v) is 14.3. The summed E-state index contributed by atoms with van der Waals surface area (Å²) >= 11 is 0. The average Bonchev–Trinajstić information content (AvgIpc) is 2.46. The van der Waals surface area contributed by atoms with E-state index < -0.39 is 0 Å². The first-order valence-electron chi connectivity index (χ1n) is 8.06. The van der Waals surface area contributed by atoms with Gasteiger partial charge in [-0.25, -0.2) is 0 Å². The quantitative estimate of drug-likeness (QED) is 0.716. The summed E-state index contributed by atoms with van der Waals surface area (Å²) in [5.74, 6) is 0.674. The standard InChI is InChI=1S/C18H32N2O/c1-15(2)13-19-14-18(17-9-7-6-8-10-17)20(16(3)4)11-12-21-5/h6-10,15-16,18-19H,11-14H2,1-5H3. The van der Waals surface area contributed by atoms with E-state index >= 15 is 0 Å². The van der Waals surface area contributed by atoms with Gasteiger partial charge in [0.25, 0.3) is 0 Å². The molecular formula is C18H32N2O. The van der Waals surface area contributed by atoms with Gasteiger partial charge in [0.2, 0.25) is 0 Å². The second-order valence-electron chi connectivity index (χ2n) is 6.30. The van der Waals surface area contributed by atoms with E-state index in [-0.39, 0.29) is 0 Å². The van der Waals surface area contributed by atoms with Gasteiger partial charge in [0, 0.05) is 32.3 Å². The van der Waals surface area contributed by atoms with E-state index in [2.05, 4.69) is 68.2 Å². The van der Waals surface area contributed by atoms with Crippen LogP contribution in [-0.4, -0.2) is 44.3 Å². The van der Waals surface area contributed by atoms with Crippen molar-refractivity contribution in [2.24, 2.45) is 5.92 Å².